The van der Waals surface area contributed by atoms with Crippen LogP contribution in [0.3, 0.4) is 0 Å². The van der Waals surface area contributed by atoms with E-state index in [4.69, 9.17) is 42.3 Å². The van der Waals surface area contributed by atoms with Crippen LogP contribution in [0.25, 0.3) is 5.70 Å². The van der Waals surface area contributed by atoms with Gasteiger partial charge in [-0.05, 0) is 55.0 Å². The maximum Gasteiger partial charge on any atom is 0.349 e. The molecule has 0 aromatic heterocycles. The lowest BCUT2D eigenvalue weighted by atomic mass is 10.2. The van der Waals surface area contributed by atoms with Crippen LogP contribution >= 0.6 is 23.2 Å². The highest BCUT2D eigenvalue weighted by molar-refractivity contribution is 6.35. The Morgan fingerprint density at radius 1 is 1.00 bits per heavy atom. The van der Waals surface area contributed by atoms with Crippen molar-refractivity contribution in [2.45, 2.75) is 13.0 Å². The monoisotopic (exact) mass is 473 g/mol. The SMILES string of the molecule is C=C(NOCOC(=O)C(C)Oc1ccc(Oc2ccc(Cl)cc2Cl)cc1)c1ccccc1. The molecule has 32 heavy (non-hydrogen) atoms. The highest BCUT2D eigenvalue weighted by atomic mass is 35.5. The minimum atomic E-state index is -0.839. The molecular formula is C24H21Cl2NO5. The van der Waals surface area contributed by atoms with Crippen LogP contribution in [0, 0.1) is 0 Å². The summed E-state index contributed by atoms with van der Waals surface area (Å²) in [5.41, 5.74) is 4.04. The molecule has 0 fully saturated rings. The van der Waals surface area contributed by atoms with Crippen molar-refractivity contribution in [3.05, 3.63) is 95.0 Å². The number of benzene rings is 3. The summed E-state index contributed by atoms with van der Waals surface area (Å²) < 4.78 is 16.4. The number of hydroxylamine groups is 1. The molecule has 3 rings (SSSR count). The minimum absolute atomic E-state index is 0.299. The maximum absolute atomic E-state index is 12.1. The molecule has 0 aliphatic rings. The second-order valence-corrected chi connectivity index (χ2v) is 7.42. The molecule has 1 unspecified atom stereocenters. The molecule has 1 N–H and O–H groups in total. The van der Waals surface area contributed by atoms with Crippen LogP contribution in [0.5, 0.6) is 17.2 Å². The zero-order valence-corrected chi connectivity index (χ0v) is 18.7. The van der Waals surface area contributed by atoms with Crippen molar-refractivity contribution >= 4 is 34.9 Å². The summed E-state index contributed by atoms with van der Waals surface area (Å²) in [7, 11) is 0. The number of nitrogens with one attached hydrogen (secondary N) is 1. The first-order valence-corrected chi connectivity index (χ1v) is 10.4. The smallest absolute Gasteiger partial charge is 0.349 e. The van der Waals surface area contributed by atoms with Gasteiger partial charge in [0.2, 0.25) is 6.79 Å². The highest BCUT2D eigenvalue weighted by Crippen LogP contribution is 2.32. The Morgan fingerprint density at radius 3 is 2.38 bits per heavy atom. The summed E-state index contributed by atoms with van der Waals surface area (Å²) in [6.45, 7) is 5.13. The van der Waals surface area contributed by atoms with E-state index in [0.29, 0.717) is 33.0 Å². The quantitative estimate of drug-likeness (QED) is 0.162. The van der Waals surface area contributed by atoms with E-state index in [1.54, 1.807) is 49.4 Å². The van der Waals surface area contributed by atoms with Gasteiger partial charge >= 0.3 is 5.97 Å². The Hall–Kier alpha value is -3.19. The summed E-state index contributed by atoms with van der Waals surface area (Å²) in [6.07, 6.45) is -0.839. The number of esters is 1. The number of ether oxygens (including phenoxy) is 3. The summed E-state index contributed by atoms with van der Waals surface area (Å²) in [5.74, 6) is 0.922. The Balaban J connectivity index is 1.42. The van der Waals surface area contributed by atoms with E-state index in [1.807, 2.05) is 30.3 Å². The summed E-state index contributed by atoms with van der Waals surface area (Å²) in [6, 6.07) is 21.1. The summed E-state index contributed by atoms with van der Waals surface area (Å²) in [4.78, 5) is 17.2. The fraction of sp³-hybridized carbons (Fsp3) is 0.125. The molecule has 3 aromatic carbocycles. The highest BCUT2D eigenvalue weighted by Gasteiger charge is 2.16. The van der Waals surface area contributed by atoms with Crippen molar-refractivity contribution in [1.82, 2.24) is 5.48 Å². The van der Waals surface area contributed by atoms with Crippen LogP contribution < -0.4 is 15.0 Å². The van der Waals surface area contributed by atoms with Gasteiger partial charge in [0.05, 0.1) is 10.7 Å². The Bertz CT molecular complexity index is 1060. The molecule has 0 saturated heterocycles. The number of hydrogen-bond acceptors (Lipinski definition) is 6. The molecule has 0 heterocycles. The van der Waals surface area contributed by atoms with Crippen LogP contribution in [-0.2, 0) is 14.4 Å². The second kappa shape index (κ2) is 11.4. The number of hydrogen-bond donors (Lipinski definition) is 1. The van der Waals surface area contributed by atoms with Gasteiger partial charge in [0.1, 0.15) is 17.2 Å². The van der Waals surface area contributed by atoms with Gasteiger partial charge in [-0.15, -0.1) is 0 Å². The summed E-state index contributed by atoms with van der Waals surface area (Å²) in [5, 5.41) is 0.924. The van der Waals surface area contributed by atoms with Crippen LogP contribution in [0.15, 0.2) is 79.4 Å². The van der Waals surface area contributed by atoms with Gasteiger partial charge in [-0.1, -0.05) is 60.1 Å². The minimum Gasteiger partial charge on any atom is -0.479 e. The zero-order valence-electron chi connectivity index (χ0n) is 17.2. The maximum atomic E-state index is 12.1. The van der Waals surface area contributed by atoms with Crippen molar-refractivity contribution in [2.75, 3.05) is 6.79 Å². The normalized spacial score (nSPS) is 11.3. The van der Waals surface area contributed by atoms with Gasteiger partial charge in [-0.2, -0.15) is 0 Å². The fourth-order valence-corrected chi connectivity index (χ4v) is 2.99. The number of halogens is 2. The zero-order chi connectivity index (χ0) is 22.9. The molecule has 0 bridgehead atoms. The largest absolute Gasteiger partial charge is 0.479 e. The Labute approximate surface area is 196 Å². The van der Waals surface area contributed by atoms with Crippen LogP contribution in [-0.4, -0.2) is 18.9 Å². The first-order chi connectivity index (χ1) is 15.4. The fourth-order valence-electron chi connectivity index (χ4n) is 2.54. The average molecular weight is 474 g/mol. The average Bonchev–Trinajstić information content (AvgIpc) is 2.80. The standard InChI is InChI=1S/C24H21Cl2NO5/c1-16(18-6-4-3-5-7-18)27-30-15-29-24(28)17(2)31-20-9-11-21(12-10-20)32-23-13-8-19(25)14-22(23)26/h3-14,17,27H,1,15H2,2H3. The molecule has 8 heteroatoms. The lowest BCUT2D eigenvalue weighted by Crippen LogP contribution is -2.28. The molecule has 0 radical (unpaired) electrons. The first kappa shape index (κ1) is 23.5. The molecule has 6 nitrogen and oxygen atoms in total. The van der Waals surface area contributed by atoms with Crippen molar-refractivity contribution in [3.63, 3.8) is 0 Å². The van der Waals surface area contributed by atoms with Gasteiger partial charge in [-0.25, -0.2) is 9.63 Å². The van der Waals surface area contributed by atoms with Crippen LogP contribution in [0.2, 0.25) is 10.0 Å². The second-order valence-electron chi connectivity index (χ2n) is 6.58. The molecule has 0 amide bonds. The first-order valence-electron chi connectivity index (χ1n) is 9.61. The van der Waals surface area contributed by atoms with E-state index in [2.05, 4.69) is 12.1 Å². The molecule has 0 saturated carbocycles. The Morgan fingerprint density at radius 2 is 1.69 bits per heavy atom. The van der Waals surface area contributed by atoms with Gasteiger partial charge in [0.25, 0.3) is 0 Å². The third-order valence-electron chi connectivity index (χ3n) is 4.17. The number of carbonyl (C=O) groups excluding carboxylic acids is 1. The van der Waals surface area contributed by atoms with Gasteiger partial charge in [0.15, 0.2) is 6.10 Å². The van der Waals surface area contributed by atoms with Gasteiger partial charge in [-0.3, -0.25) is 5.48 Å². The van der Waals surface area contributed by atoms with E-state index in [1.165, 1.54) is 0 Å². The van der Waals surface area contributed by atoms with E-state index in [9.17, 15) is 4.79 Å². The van der Waals surface area contributed by atoms with Crippen molar-refractivity contribution in [3.8, 4) is 17.2 Å². The van der Waals surface area contributed by atoms with Gasteiger partial charge < -0.3 is 14.2 Å². The van der Waals surface area contributed by atoms with E-state index < -0.39 is 12.1 Å². The molecule has 166 valence electrons. The predicted octanol–water partition coefficient (Wildman–Crippen LogP) is 6.25. The molecule has 0 spiro atoms. The van der Waals surface area contributed by atoms with E-state index in [-0.39, 0.29) is 6.79 Å². The molecular weight excluding hydrogens is 453 g/mol. The van der Waals surface area contributed by atoms with E-state index in [0.717, 1.165) is 5.56 Å². The third-order valence-corrected chi connectivity index (χ3v) is 4.70. The van der Waals surface area contributed by atoms with Crippen LogP contribution in [0.1, 0.15) is 12.5 Å². The van der Waals surface area contributed by atoms with Crippen molar-refractivity contribution in [1.29, 1.82) is 0 Å². The van der Waals surface area contributed by atoms with Crippen molar-refractivity contribution in [2.24, 2.45) is 0 Å². The lowest BCUT2D eigenvalue weighted by molar-refractivity contribution is -0.167. The molecule has 1 atom stereocenters. The summed E-state index contributed by atoms with van der Waals surface area (Å²) >= 11 is 12.0. The molecule has 3 aromatic rings. The van der Waals surface area contributed by atoms with Crippen LogP contribution in [0.4, 0.5) is 0 Å². The Kier molecular flexibility index (Phi) is 8.39. The number of rotatable bonds is 10. The lowest BCUT2D eigenvalue weighted by Gasteiger charge is -2.15. The predicted molar refractivity (Wildman–Crippen MR) is 124 cm³/mol. The molecule has 0 aliphatic heterocycles. The topological polar surface area (TPSA) is 66.0 Å². The third kappa shape index (κ3) is 6.92. The molecule has 0 aliphatic carbocycles. The van der Waals surface area contributed by atoms with Gasteiger partial charge in [0, 0.05) is 5.02 Å². The van der Waals surface area contributed by atoms with E-state index >= 15 is 0 Å². The van der Waals surface area contributed by atoms with Crippen molar-refractivity contribution < 1.29 is 23.8 Å². The number of carbonyl (C=O) groups is 1.